The smallest absolute Gasteiger partial charge is 0.167 e. The zero-order valence-corrected chi connectivity index (χ0v) is 20.8. The van der Waals surface area contributed by atoms with E-state index in [0.29, 0.717) is 35.5 Å². The zero-order chi connectivity index (χ0) is 23.2. The van der Waals surface area contributed by atoms with Crippen LogP contribution in [0.5, 0.6) is 11.5 Å². The second kappa shape index (κ2) is 10.7. The highest BCUT2D eigenvalue weighted by Gasteiger charge is 2.10. The number of halogens is 2. The Morgan fingerprint density at radius 2 is 0.848 bits per heavy atom. The fraction of sp³-hybridized carbons (Fsp3) is 0.0714. The molecular weight excluding hydrogens is 544 g/mol. The second-order valence-corrected chi connectivity index (χ2v) is 9.44. The number of rotatable bonds is 8. The first-order valence-electron chi connectivity index (χ1n) is 10.4. The minimum absolute atomic E-state index is 0.0533. The molecule has 0 unspecified atom stereocenters. The Hall–Kier alpha value is -3.02. The molecule has 0 radical (unpaired) electrons. The summed E-state index contributed by atoms with van der Waals surface area (Å²) in [7, 11) is 0. The van der Waals surface area contributed by atoms with Crippen molar-refractivity contribution >= 4 is 43.4 Å². The molecule has 3 nitrogen and oxygen atoms in total. The van der Waals surface area contributed by atoms with E-state index in [1.165, 1.54) is 0 Å². The predicted octanol–water partition coefficient (Wildman–Crippen LogP) is 7.85. The molecule has 0 aromatic heterocycles. The summed E-state index contributed by atoms with van der Waals surface area (Å²) in [5, 5.41) is 0. The van der Waals surface area contributed by atoms with Crippen LogP contribution < -0.4 is 4.74 Å². The summed E-state index contributed by atoms with van der Waals surface area (Å²) >= 11 is 6.80. The van der Waals surface area contributed by atoms with Crippen LogP contribution in [0.1, 0.15) is 31.8 Å². The van der Waals surface area contributed by atoms with Gasteiger partial charge in [-0.2, -0.15) is 0 Å². The summed E-state index contributed by atoms with van der Waals surface area (Å²) in [6, 6.07) is 29.7. The summed E-state index contributed by atoms with van der Waals surface area (Å²) in [5.41, 5.74) is 3.22. The van der Waals surface area contributed by atoms with E-state index in [1.54, 1.807) is 48.5 Å². The number of carbonyl (C=O) groups excluding carboxylic acids is 2. The maximum atomic E-state index is 12.5. The van der Waals surface area contributed by atoms with E-state index in [-0.39, 0.29) is 11.6 Å². The average Bonchev–Trinajstić information content (AvgIpc) is 2.83. The Kier molecular flexibility index (Phi) is 7.53. The van der Waals surface area contributed by atoms with Gasteiger partial charge < -0.3 is 4.74 Å². The van der Waals surface area contributed by atoms with Gasteiger partial charge in [-0.1, -0.05) is 56.1 Å². The topological polar surface area (TPSA) is 43.4 Å². The molecule has 33 heavy (non-hydrogen) atoms. The van der Waals surface area contributed by atoms with Crippen molar-refractivity contribution in [3.63, 3.8) is 0 Å². The van der Waals surface area contributed by atoms with Gasteiger partial charge in [-0.25, -0.2) is 0 Å². The van der Waals surface area contributed by atoms with Gasteiger partial charge in [0.2, 0.25) is 0 Å². The van der Waals surface area contributed by atoms with Gasteiger partial charge in [-0.05, 0) is 83.9 Å². The van der Waals surface area contributed by atoms with Crippen molar-refractivity contribution in [1.29, 1.82) is 0 Å². The highest BCUT2D eigenvalue weighted by molar-refractivity contribution is 9.10. The fourth-order valence-corrected chi connectivity index (χ4v) is 3.86. The van der Waals surface area contributed by atoms with Crippen LogP contribution in [0.3, 0.4) is 0 Å². The lowest BCUT2D eigenvalue weighted by Crippen LogP contribution is -2.03. The Labute approximate surface area is 209 Å². The first-order valence-corrected chi connectivity index (χ1v) is 12.0. The van der Waals surface area contributed by atoms with Crippen LogP contribution in [-0.2, 0) is 12.8 Å². The highest BCUT2D eigenvalue weighted by Crippen LogP contribution is 2.23. The molecule has 0 aliphatic carbocycles. The number of benzene rings is 4. The molecule has 0 aliphatic heterocycles. The van der Waals surface area contributed by atoms with Crippen molar-refractivity contribution in [3.05, 3.63) is 128 Å². The van der Waals surface area contributed by atoms with Crippen LogP contribution in [0.25, 0.3) is 0 Å². The monoisotopic (exact) mass is 562 g/mol. The van der Waals surface area contributed by atoms with E-state index in [1.807, 2.05) is 48.5 Å². The third kappa shape index (κ3) is 6.50. The van der Waals surface area contributed by atoms with Crippen molar-refractivity contribution in [2.24, 2.45) is 0 Å². The van der Waals surface area contributed by atoms with Gasteiger partial charge >= 0.3 is 0 Å². The molecule has 0 fully saturated rings. The van der Waals surface area contributed by atoms with Gasteiger partial charge in [0.1, 0.15) is 11.5 Å². The Balaban J connectivity index is 1.34. The molecule has 0 amide bonds. The average molecular weight is 564 g/mol. The molecule has 4 aromatic rings. The summed E-state index contributed by atoms with van der Waals surface area (Å²) in [6.07, 6.45) is 0.701. The van der Waals surface area contributed by atoms with Crippen LogP contribution >= 0.6 is 31.9 Å². The van der Waals surface area contributed by atoms with Crippen LogP contribution in [0.2, 0.25) is 0 Å². The van der Waals surface area contributed by atoms with E-state index in [2.05, 4.69) is 31.9 Å². The number of hydrogen-bond acceptors (Lipinski definition) is 3. The normalized spacial score (nSPS) is 10.6. The van der Waals surface area contributed by atoms with Gasteiger partial charge in [-0.3, -0.25) is 9.59 Å². The van der Waals surface area contributed by atoms with Crippen molar-refractivity contribution < 1.29 is 14.3 Å². The van der Waals surface area contributed by atoms with E-state index >= 15 is 0 Å². The quantitative estimate of drug-likeness (QED) is 0.205. The molecule has 164 valence electrons. The maximum absolute atomic E-state index is 12.5. The molecule has 0 N–H and O–H groups in total. The highest BCUT2D eigenvalue weighted by atomic mass is 79.9. The number of Topliss-reactive ketones (excluding diaryl/α,β-unsaturated/α-hetero) is 2. The molecule has 5 heteroatoms. The molecule has 4 aromatic carbocycles. The minimum atomic E-state index is 0.0533. The molecule has 0 atom stereocenters. The molecule has 4 rings (SSSR count). The van der Waals surface area contributed by atoms with E-state index in [9.17, 15) is 9.59 Å². The van der Waals surface area contributed by atoms with Gasteiger partial charge in [0, 0.05) is 32.9 Å². The SMILES string of the molecule is O=C(Cc1ccc(Br)cc1)c1ccc(Oc2ccc(C(=O)Cc3ccc(Br)cc3)cc2)cc1. The van der Waals surface area contributed by atoms with Gasteiger partial charge in [0.15, 0.2) is 11.6 Å². The molecule has 0 aliphatic rings. The van der Waals surface area contributed by atoms with Gasteiger partial charge in [0.25, 0.3) is 0 Å². The molecule has 0 saturated carbocycles. The van der Waals surface area contributed by atoms with Crippen molar-refractivity contribution in [1.82, 2.24) is 0 Å². The number of ketones is 2. The van der Waals surface area contributed by atoms with E-state index in [0.717, 1.165) is 20.1 Å². The Morgan fingerprint density at radius 1 is 0.515 bits per heavy atom. The lowest BCUT2D eigenvalue weighted by molar-refractivity contribution is 0.0985. The van der Waals surface area contributed by atoms with E-state index in [4.69, 9.17) is 4.74 Å². The standard InChI is InChI=1S/C28H20Br2O3/c29-23-9-1-19(2-10-23)17-27(31)21-5-13-25(14-6-21)33-26-15-7-22(8-16-26)28(32)18-20-3-11-24(30)12-4-20/h1-16H,17-18H2. The Morgan fingerprint density at radius 3 is 1.18 bits per heavy atom. The fourth-order valence-electron chi connectivity index (χ4n) is 3.33. The van der Waals surface area contributed by atoms with Crippen molar-refractivity contribution in [2.75, 3.05) is 0 Å². The largest absolute Gasteiger partial charge is 0.457 e. The minimum Gasteiger partial charge on any atom is -0.457 e. The summed E-state index contributed by atoms with van der Waals surface area (Å²) in [4.78, 5) is 25.1. The molecule has 0 spiro atoms. The summed E-state index contributed by atoms with van der Waals surface area (Å²) in [6.45, 7) is 0. The Bertz CT molecular complexity index is 1140. The van der Waals surface area contributed by atoms with Crippen LogP contribution in [0.15, 0.2) is 106 Å². The third-order valence-corrected chi connectivity index (χ3v) is 6.20. The van der Waals surface area contributed by atoms with Crippen molar-refractivity contribution in [2.45, 2.75) is 12.8 Å². The lowest BCUT2D eigenvalue weighted by Gasteiger charge is -2.08. The second-order valence-electron chi connectivity index (χ2n) is 7.60. The van der Waals surface area contributed by atoms with E-state index < -0.39 is 0 Å². The molecule has 0 bridgehead atoms. The zero-order valence-electron chi connectivity index (χ0n) is 17.6. The summed E-state index contributed by atoms with van der Waals surface area (Å²) in [5.74, 6) is 1.36. The van der Waals surface area contributed by atoms with Gasteiger partial charge in [0.05, 0.1) is 0 Å². The van der Waals surface area contributed by atoms with Crippen molar-refractivity contribution in [3.8, 4) is 11.5 Å². The van der Waals surface area contributed by atoms with Crippen LogP contribution in [0, 0.1) is 0 Å². The number of ether oxygens (including phenoxy) is 1. The summed E-state index contributed by atoms with van der Waals surface area (Å²) < 4.78 is 7.85. The third-order valence-electron chi connectivity index (χ3n) is 5.14. The molecule has 0 saturated heterocycles. The van der Waals surface area contributed by atoms with Crippen LogP contribution in [-0.4, -0.2) is 11.6 Å². The maximum Gasteiger partial charge on any atom is 0.167 e. The lowest BCUT2D eigenvalue weighted by atomic mass is 10.0. The number of carbonyl (C=O) groups is 2. The molecular formula is C28H20Br2O3. The first kappa shape index (κ1) is 23.1. The number of hydrogen-bond donors (Lipinski definition) is 0. The predicted molar refractivity (Wildman–Crippen MR) is 137 cm³/mol. The molecule has 0 heterocycles. The van der Waals surface area contributed by atoms with Crippen LogP contribution in [0.4, 0.5) is 0 Å². The van der Waals surface area contributed by atoms with Gasteiger partial charge in [-0.15, -0.1) is 0 Å². The first-order chi connectivity index (χ1) is 16.0.